The van der Waals surface area contributed by atoms with E-state index in [-0.39, 0.29) is 11.9 Å². The quantitative estimate of drug-likeness (QED) is 0.915. The summed E-state index contributed by atoms with van der Waals surface area (Å²) in [5.41, 5.74) is 0. The average Bonchev–Trinajstić information content (AvgIpc) is 2.41. The van der Waals surface area contributed by atoms with E-state index >= 15 is 0 Å². The first-order chi connectivity index (χ1) is 9.10. The van der Waals surface area contributed by atoms with Gasteiger partial charge >= 0.3 is 6.09 Å². The Balaban J connectivity index is 1.94. The van der Waals surface area contributed by atoms with Gasteiger partial charge in [-0.15, -0.1) is 0 Å². The summed E-state index contributed by atoms with van der Waals surface area (Å²) < 4.78 is 24.2. The van der Waals surface area contributed by atoms with Crippen LogP contribution in [0, 0.1) is 5.82 Å². The van der Waals surface area contributed by atoms with E-state index in [0.717, 1.165) is 0 Å². The van der Waals surface area contributed by atoms with E-state index < -0.39 is 11.9 Å². The molecular formula is C13H16FNO4. The predicted molar refractivity (Wildman–Crippen MR) is 66.2 cm³/mol. The number of methoxy groups -OCH3 is 1. The molecule has 2 rings (SSSR count). The first-order valence-electron chi connectivity index (χ1n) is 6.08. The van der Waals surface area contributed by atoms with Crippen molar-refractivity contribution < 1.29 is 23.8 Å². The molecule has 1 heterocycles. The molecule has 1 aromatic rings. The average molecular weight is 269 g/mol. The van der Waals surface area contributed by atoms with Crippen molar-refractivity contribution in [1.29, 1.82) is 0 Å². The Bertz CT molecular complexity index is 458. The van der Waals surface area contributed by atoms with Crippen molar-refractivity contribution in [2.45, 2.75) is 18.9 Å². The maximum Gasteiger partial charge on any atom is 0.407 e. The Morgan fingerprint density at radius 1 is 1.42 bits per heavy atom. The third kappa shape index (κ3) is 3.27. The molecule has 19 heavy (non-hydrogen) atoms. The Hall–Kier alpha value is -1.98. The zero-order valence-corrected chi connectivity index (χ0v) is 10.6. The van der Waals surface area contributed by atoms with E-state index in [4.69, 9.17) is 14.6 Å². The third-order valence-electron chi connectivity index (χ3n) is 3.15. The van der Waals surface area contributed by atoms with Crippen LogP contribution in [0.15, 0.2) is 18.2 Å². The van der Waals surface area contributed by atoms with Crippen molar-refractivity contribution in [2.24, 2.45) is 0 Å². The van der Waals surface area contributed by atoms with Gasteiger partial charge in [0, 0.05) is 32.0 Å². The number of piperidine rings is 1. The van der Waals surface area contributed by atoms with Gasteiger partial charge in [-0.3, -0.25) is 0 Å². The fourth-order valence-electron chi connectivity index (χ4n) is 2.05. The first-order valence-corrected chi connectivity index (χ1v) is 6.08. The van der Waals surface area contributed by atoms with Crippen molar-refractivity contribution in [3.8, 4) is 11.5 Å². The summed E-state index contributed by atoms with van der Waals surface area (Å²) in [7, 11) is 1.47. The first kappa shape index (κ1) is 13.5. The second-order valence-electron chi connectivity index (χ2n) is 4.38. The van der Waals surface area contributed by atoms with Crippen LogP contribution in [-0.4, -0.2) is 42.4 Å². The Labute approximate surface area is 110 Å². The second-order valence-corrected chi connectivity index (χ2v) is 4.38. The molecule has 1 aliphatic heterocycles. The molecule has 1 fully saturated rings. The van der Waals surface area contributed by atoms with Gasteiger partial charge in [0.15, 0.2) is 11.6 Å². The molecule has 0 unspecified atom stereocenters. The van der Waals surface area contributed by atoms with E-state index in [1.54, 1.807) is 6.07 Å². The van der Waals surface area contributed by atoms with Crippen molar-refractivity contribution in [3.05, 3.63) is 24.0 Å². The molecule has 0 atom stereocenters. The van der Waals surface area contributed by atoms with Crippen LogP contribution in [0.25, 0.3) is 0 Å². The van der Waals surface area contributed by atoms with Crippen LogP contribution in [0.5, 0.6) is 11.5 Å². The molecule has 1 amide bonds. The number of benzene rings is 1. The summed E-state index contributed by atoms with van der Waals surface area (Å²) in [6.45, 7) is 0.829. The summed E-state index contributed by atoms with van der Waals surface area (Å²) >= 11 is 0. The number of carbonyl (C=O) groups is 1. The SMILES string of the molecule is COc1ccc(OC2CCN(C(=O)O)CC2)c(F)c1. The molecule has 1 aliphatic rings. The molecule has 1 aromatic carbocycles. The molecule has 0 aliphatic carbocycles. The van der Waals surface area contributed by atoms with Crippen LogP contribution in [0.4, 0.5) is 9.18 Å². The van der Waals surface area contributed by atoms with E-state index in [0.29, 0.717) is 31.7 Å². The van der Waals surface area contributed by atoms with Crippen molar-refractivity contribution >= 4 is 6.09 Å². The zero-order chi connectivity index (χ0) is 13.8. The highest BCUT2D eigenvalue weighted by atomic mass is 19.1. The number of halogens is 1. The number of likely N-dealkylation sites (tertiary alicyclic amines) is 1. The standard InChI is InChI=1S/C13H16FNO4/c1-18-10-2-3-12(11(14)8-10)19-9-4-6-15(7-5-9)13(16)17/h2-3,8-9H,4-7H2,1H3,(H,16,17). The summed E-state index contributed by atoms with van der Waals surface area (Å²) in [6.07, 6.45) is 0.0581. The monoisotopic (exact) mass is 269 g/mol. The lowest BCUT2D eigenvalue weighted by molar-refractivity contribution is 0.0872. The van der Waals surface area contributed by atoms with Crippen LogP contribution in [0.3, 0.4) is 0 Å². The van der Waals surface area contributed by atoms with Crippen LogP contribution in [-0.2, 0) is 0 Å². The molecule has 0 aromatic heterocycles. The van der Waals surface area contributed by atoms with Crippen LogP contribution in [0.2, 0.25) is 0 Å². The topological polar surface area (TPSA) is 59.0 Å². The number of hydrogen-bond acceptors (Lipinski definition) is 3. The highest BCUT2D eigenvalue weighted by molar-refractivity contribution is 5.65. The number of ether oxygens (including phenoxy) is 2. The third-order valence-corrected chi connectivity index (χ3v) is 3.15. The normalized spacial score (nSPS) is 16.2. The number of hydrogen-bond donors (Lipinski definition) is 1. The molecule has 5 nitrogen and oxygen atoms in total. The lowest BCUT2D eigenvalue weighted by Crippen LogP contribution is -2.41. The largest absolute Gasteiger partial charge is 0.497 e. The minimum absolute atomic E-state index is 0.154. The maximum atomic E-state index is 13.7. The Morgan fingerprint density at radius 3 is 2.63 bits per heavy atom. The predicted octanol–water partition coefficient (Wildman–Crippen LogP) is 2.36. The van der Waals surface area contributed by atoms with Gasteiger partial charge in [-0.05, 0) is 12.1 Å². The van der Waals surface area contributed by atoms with Crippen molar-refractivity contribution in [2.75, 3.05) is 20.2 Å². The van der Waals surface area contributed by atoms with E-state index in [1.165, 1.54) is 24.1 Å². The fourth-order valence-corrected chi connectivity index (χ4v) is 2.05. The zero-order valence-electron chi connectivity index (χ0n) is 10.6. The minimum atomic E-state index is -0.922. The lowest BCUT2D eigenvalue weighted by atomic mass is 10.1. The smallest absolute Gasteiger partial charge is 0.407 e. The van der Waals surface area contributed by atoms with Gasteiger partial charge in [0.25, 0.3) is 0 Å². The fraction of sp³-hybridized carbons (Fsp3) is 0.462. The number of carboxylic acid groups (broad SMARTS) is 1. The van der Waals surface area contributed by atoms with Gasteiger partial charge in [0.2, 0.25) is 0 Å². The molecule has 1 saturated heterocycles. The summed E-state index contributed by atoms with van der Waals surface area (Å²) in [5, 5.41) is 8.83. The van der Waals surface area contributed by atoms with Crippen LogP contribution < -0.4 is 9.47 Å². The van der Waals surface area contributed by atoms with E-state index in [9.17, 15) is 9.18 Å². The molecule has 1 N–H and O–H groups in total. The minimum Gasteiger partial charge on any atom is -0.497 e. The molecule has 104 valence electrons. The van der Waals surface area contributed by atoms with Crippen molar-refractivity contribution in [1.82, 2.24) is 4.90 Å². The molecule has 0 bridgehead atoms. The molecule has 0 saturated carbocycles. The van der Waals surface area contributed by atoms with Crippen molar-refractivity contribution in [3.63, 3.8) is 0 Å². The molecule has 0 radical (unpaired) electrons. The molecule has 6 heteroatoms. The van der Waals surface area contributed by atoms with Gasteiger partial charge in [-0.1, -0.05) is 0 Å². The van der Waals surface area contributed by atoms with E-state index in [1.807, 2.05) is 0 Å². The van der Waals surface area contributed by atoms with Gasteiger partial charge in [0.05, 0.1) is 7.11 Å². The maximum absolute atomic E-state index is 13.7. The molecule has 0 spiro atoms. The van der Waals surface area contributed by atoms with Gasteiger partial charge in [-0.25, -0.2) is 9.18 Å². The summed E-state index contributed by atoms with van der Waals surface area (Å²) in [5.74, 6) is 0.139. The Morgan fingerprint density at radius 2 is 2.11 bits per heavy atom. The highest BCUT2D eigenvalue weighted by Gasteiger charge is 2.24. The molecular weight excluding hydrogens is 253 g/mol. The van der Waals surface area contributed by atoms with Gasteiger partial charge in [0.1, 0.15) is 11.9 Å². The second kappa shape index (κ2) is 5.77. The summed E-state index contributed by atoms with van der Waals surface area (Å²) in [4.78, 5) is 12.1. The van der Waals surface area contributed by atoms with Crippen LogP contribution in [0.1, 0.15) is 12.8 Å². The highest BCUT2D eigenvalue weighted by Crippen LogP contribution is 2.25. The lowest BCUT2D eigenvalue weighted by Gasteiger charge is -2.30. The number of amides is 1. The van der Waals surface area contributed by atoms with Gasteiger partial charge in [-0.2, -0.15) is 0 Å². The number of rotatable bonds is 3. The summed E-state index contributed by atoms with van der Waals surface area (Å²) in [6, 6.07) is 4.42. The van der Waals surface area contributed by atoms with Crippen LogP contribution >= 0.6 is 0 Å². The number of nitrogens with zero attached hydrogens (tertiary/aromatic N) is 1. The van der Waals surface area contributed by atoms with Gasteiger partial charge < -0.3 is 19.5 Å². The Kier molecular flexibility index (Phi) is 4.09. The van der Waals surface area contributed by atoms with E-state index in [2.05, 4.69) is 0 Å².